The van der Waals surface area contributed by atoms with E-state index in [-0.39, 0.29) is 0 Å². The Morgan fingerprint density at radius 3 is 1.25 bits per heavy atom. The van der Waals surface area contributed by atoms with Crippen LogP contribution in [0.25, 0.3) is 22.5 Å². The van der Waals surface area contributed by atoms with E-state index in [9.17, 15) is 0 Å². The molecule has 20 heavy (non-hydrogen) atoms. The summed E-state index contributed by atoms with van der Waals surface area (Å²) < 4.78 is 0. The average molecular weight is 264 g/mol. The van der Waals surface area contributed by atoms with Crippen molar-refractivity contribution in [2.45, 2.75) is 0 Å². The van der Waals surface area contributed by atoms with Crippen molar-refractivity contribution in [3.8, 4) is 22.5 Å². The van der Waals surface area contributed by atoms with Crippen LogP contribution in [0.4, 0.5) is 11.6 Å². The number of benzene rings is 1. The van der Waals surface area contributed by atoms with E-state index in [0.717, 1.165) is 22.5 Å². The molecule has 0 bridgehead atoms. The third-order valence-corrected chi connectivity index (χ3v) is 2.82. The molecule has 4 N–H and O–H groups in total. The third kappa shape index (κ3) is 2.39. The third-order valence-electron chi connectivity index (χ3n) is 2.82. The minimum Gasteiger partial charge on any atom is -0.382 e. The highest BCUT2D eigenvalue weighted by atomic mass is 14.9. The number of nitrogens with zero attached hydrogens (tertiary/aromatic N) is 4. The van der Waals surface area contributed by atoms with Crippen molar-refractivity contribution in [2.24, 2.45) is 0 Å². The quantitative estimate of drug-likeness (QED) is 0.731. The Balaban J connectivity index is 1.91. The molecular formula is C14H12N6. The first kappa shape index (κ1) is 12.0. The number of nitrogen functional groups attached to an aromatic ring is 2. The topological polar surface area (TPSA) is 104 Å². The van der Waals surface area contributed by atoms with Crippen LogP contribution in [0.5, 0.6) is 0 Å². The second kappa shape index (κ2) is 4.93. The van der Waals surface area contributed by atoms with Crippen LogP contribution >= 0.6 is 0 Å². The molecule has 6 heteroatoms. The number of hydrogen-bond acceptors (Lipinski definition) is 6. The molecular weight excluding hydrogens is 252 g/mol. The van der Waals surface area contributed by atoms with Crippen LogP contribution in [-0.2, 0) is 0 Å². The molecule has 0 atom stereocenters. The number of anilines is 2. The fraction of sp³-hybridized carbons (Fsp3) is 0. The molecule has 0 amide bonds. The maximum absolute atomic E-state index is 5.52. The smallest absolute Gasteiger partial charge is 0.141 e. The van der Waals surface area contributed by atoms with E-state index >= 15 is 0 Å². The van der Waals surface area contributed by atoms with Crippen molar-refractivity contribution in [1.82, 2.24) is 19.9 Å². The van der Waals surface area contributed by atoms with Crippen LogP contribution in [0, 0.1) is 0 Å². The van der Waals surface area contributed by atoms with E-state index in [1.165, 1.54) is 12.4 Å². The molecule has 0 unspecified atom stereocenters. The molecule has 1 aromatic carbocycles. The van der Waals surface area contributed by atoms with Gasteiger partial charge in [0.25, 0.3) is 0 Å². The largest absolute Gasteiger partial charge is 0.382 e. The Morgan fingerprint density at radius 2 is 0.950 bits per heavy atom. The molecule has 0 saturated carbocycles. The normalized spacial score (nSPS) is 10.4. The molecule has 98 valence electrons. The zero-order valence-electron chi connectivity index (χ0n) is 10.6. The van der Waals surface area contributed by atoms with Gasteiger partial charge in [0.05, 0.1) is 36.2 Å². The van der Waals surface area contributed by atoms with Crippen LogP contribution < -0.4 is 11.5 Å². The van der Waals surface area contributed by atoms with Gasteiger partial charge in [-0.2, -0.15) is 0 Å². The summed E-state index contributed by atoms with van der Waals surface area (Å²) in [5, 5.41) is 0. The number of hydrogen-bond donors (Lipinski definition) is 2. The summed E-state index contributed by atoms with van der Waals surface area (Å²) in [7, 11) is 0. The standard InChI is InChI=1S/C14H12N6/c15-13-7-17-11(5-19-13)9-1-2-10(4-3-9)12-6-20-14(16)8-18-12/h1-8H,(H2,15,19)(H2,16,20). The highest BCUT2D eigenvalue weighted by Gasteiger charge is 2.03. The van der Waals surface area contributed by atoms with E-state index < -0.39 is 0 Å². The lowest BCUT2D eigenvalue weighted by molar-refractivity contribution is 1.21. The monoisotopic (exact) mass is 264 g/mol. The van der Waals surface area contributed by atoms with E-state index in [2.05, 4.69) is 19.9 Å². The molecule has 0 aliphatic carbocycles. The first-order chi connectivity index (χ1) is 9.72. The summed E-state index contributed by atoms with van der Waals surface area (Å²) in [6, 6.07) is 7.81. The van der Waals surface area contributed by atoms with E-state index in [4.69, 9.17) is 11.5 Å². The van der Waals surface area contributed by atoms with E-state index in [0.29, 0.717) is 11.6 Å². The van der Waals surface area contributed by atoms with Gasteiger partial charge in [-0.05, 0) is 0 Å². The molecule has 0 fully saturated rings. The second-order valence-corrected chi connectivity index (χ2v) is 4.23. The highest BCUT2D eigenvalue weighted by Crippen LogP contribution is 2.22. The van der Waals surface area contributed by atoms with Crippen molar-refractivity contribution >= 4 is 11.6 Å². The van der Waals surface area contributed by atoms with Gasteiger partial charge >= 0.3 is 0 Å². The predicted octanol–water partition coefficient (Wildman–Crippen LogP) is 1.77. The van der Waals surface area contributed by atoms with Gasteiger partial charge in [-0.25, -0.2) is 9.97 Å². The average Bonchev–Trinajstić information content (AvgIpc) is 2.49. The Labute approximate surface area is 115 Å². The zero-order chi connectivity index (χ0) is 13.9. The first-order valence-corrected chi connectivity index (χ1v) is 5.98. The maximum atomic E-state index is 5.52. The summed E-state index contributed by atoms with van der Waals surface area (Å²) in [5.74, 6) is 0.810. The Hall–Kier alpha value is -3.02. The van der Waals surface area contributed by atoms with Gasteiger partial charge in [-0.1, -0.05) is 24.3 Å². The minimum atomic E-state index is 0.405. The van der Waals surface area contributed by atoms with Crippen LogP contribution in [0.15, 0.2) is 49.1 Å². The fourth-order valence-corrected chi connectivity index (χ4v) is 1.79. The Kier molecular flexibility index (Phi) is 2.96. The highest BCUT2D eigenvalue weighted by molar-refractivity contribution is 5.66. The van der Waals surface area contributed by atoms with Crippen LogP contribution in [-0.4, -0.2) is 19.9 Å². The molecule has 0 radical (unpaired) electrons. The number of nitrogens with two attached hydrogens (primary N) is 2. The molecule has 0 spiro atoms. The van der Waals surface area contributed by atoms with Crippen molar-refractivity contribution in [3.63, 3.8) is 0 Å². The van der Waals surface area contributed by atoms with E-state index in [1.807, 2.05) is 24.3 Å². The van der Waals surface area contributed by atoms with Crippen LogP contribution in [0.1, 0.15) is 0 Å². The summed E-state index contributed by atoms with van der Waals surface area (Å²) in [5.41, 5.74) is 14.5. The lowest BCUT2D eigenvalue weighted by Crippen LogP contribution is -1.93. The van der Waals surface area contributed by atoms with Gasteiger partial charge < -0.3 is 11.5 Å². The maximum Gasteiger partial charge on any atom is 0.141 e. The van der Waals surface area contributed by atoms with Gasteiger partial charge in [0.1, 0.15) is 11.6 Å². The number of aromatic nitrogens is 4. The first-order valence-electron chi connectivity index (χ1n) is 5.98. The molecule has 0 aliphatic rings. The van der Waals surface area contributed by atoms with Crippen molar-refractivity contribution < 1.29 is 0 Å². The summed E-state index contributed by atoms with van der Waals surface area (Å²) in [6.07, 6.45) is 6.37. The zero-order valence-corrected chi connectivity index (χ0v) is 10.6. The Morgan fingerprint density at radius 1 is 0.550 bits per heavy atom. The SMILES string of the molecule is Nc1cnc(-c2ccc(-c3cnc(N)cn3)cc2)cn1. The molecule has 3 aromatic rings. The van der Waals surface area contributed by atoms with Gasteiger partial charge in [0.2, 0.25) is 0 Å². The van der Waals surface area contributed by atoms with Crippen LogP contribution in [0.3, 0.4) is 0 Å². The second-order valence-electron chi connectivity index (χ2n) is 4.23. The number of rotatable bonds is 2. The van der Waals surface area contributed by atoms with Crippen molar-refractivity contribution in [2.75, 3.05) is 11.5 Å². The molecule has 0 saturated heterocycles. The lowest BCUT2D eigenvalue weighted by atomic mass is 10.1. The molecule has 6 nitrogen and oxygen atoms in total. The summed E-state index contributed by atoms with van der Waals surface area (Å²) in [4.78, 5) is 16.5. The fourth-order valence-electron chi connectivity index (χ4n) is 1.79. The lowest BCUT2D eigenvalue weighted by Gasteiger charge is -2.03. The Bertz CT molecular complexity index is 640. The molecule has 2 aromatic heterocycles. The van der Waals surface area contributed by atoms with Gasteiger partial charge in [-0.3, -0.25) is 9.97 Å². The molecule has 3 rings (SSSR count). The summed E-state index contributed by atoms with van der Waals surface area (Å²) in [6.45, 7) is 0. The summed E-state index contributed by atoms with van der Waals surface area (Å²) >= 11 is 0. The predicted molar refractivity (Wildman–Crippen MR) is 77.3 cm³/mol. The van der Waals surface area contributed by atoms with Crippen LogP contribution in [0.2, 0.25) is 0 Å². The van der Waals surface area contributed by atoms with Crippen molar-refractivity contribution in [3.05, 3.63) is 49.1 Å². The van der Waals surface area contributed by atoms with Crippen molar-refractivity contribution in [1.29, 1.82) is 0 Å². The minimum absolute atomic E-state index is 0.405. The van der Waals surface area contributed by atoms with Gasteiger partial charge in [0.15, 0.2) is 0 Å². The van der Waals surface area contributed by atoms with Gasteiger partial charge in [0, 0.05) is 11.1 Å². The van der Waals surface area contributed by atoms with E-state index in [1.54, 1.807) is 12.4 Å². The molecule has 0 aliphatic heterocycles. The van der Waals surface area contributed by atoms with Gasteiger partial charge in [-0.15, -0.1) is 0 Å². The molecule has 2 heterocycles.